The molecular formula is C7H13N5O. The first-order valence-corrected chi connectivity index (χ1v) is 4.32. The summed E-state index contributed by atoms with van der Waals surface area (Å²) in [6.07, 6.45) is 1.81. The summed E-state index contributed by atoms with van der Waals surface area (Å²) in [4.78, 5) is 11.3. The molecule has 0 aliphatic rings. The summed E-state index contributed by atoms with van der Waals surface area (Å²) in [5.41, 5.74) is 0. The molecule has 72 valence electrons. The van der Waals surface area contributed by atoms with Gasteiger partial charge in [0.25, 0.3) is 11.7 Å². The van der Waals surface area contributed by atoms with Crippen LogP contribution in [0, 0.1) is 0 Å². The molecule has 2 N–H and O–H groups in total. The lowest BCUT2D eigenvalue weighted by Gasteiger charge is -2.12. The Morgan fingerprint density at radius 3 is 2.69 bits per heavy atom. The summed E-state index contributed by atoms with van der Waals surface area (Å²) < 4.78 is 0. The van der Waals surface area contributed by atoms with Gasteiger partial charge in [0.1, 0.15) is 0 Å². The molecule has 0 unspecified atom stereocenters. The smallest absolute Gasteiger partial charge is 0.293 e. The molecule has 1 rings (SSSR count). The Bertz CT molecular complexity index is 254. The minimum atomic E-state index is -0.276. The quantitative estimate of drug-likeness (QED) is 0.694. The van der Waals surface area contributed by atoms with Crippen molar-refractivity contribution < 1.29 is 4.79 Å². The molecule has 0 radical (unpaired) electrons. The molecule has 6 heteroatoms. The first kappa shape index (κ1) is 9.63. The van der Waals surface area contributed by atoms with E-state index in [0.29, 0.717) is 0 Å². The second-order valence-electron chi connectivity index (χ2n) is 2.72. The second-order valence-corrected chi connectivity index (χ2v) is 2.72. The van der Waals surface area contributed by atoms with Crippen molar-refractivity contribution in [3.05, 3.63) is 5.82 Å². The minimum Gasteiger partial charge on any atom is -0.346 e. The Hall–Kier alpha value is -1.46. The van der Waals surface area contributed by atoms with E-state index < -0.39 is 0 Å². The SMILES string of the molecule is CCC(CC)NC(=O)c1nn[nH]n1. The maximum absolute atomic E-state index is 11.3. The van der Waals surface area contributed by atoms with Gasteiger partial charge in [-0.2, -0.15) is 5.21 Å². The summed E-state index contributed by atoms with van der Waals surface area (Å²) in [7, 11) is 0. The fourth-order valence-corrected chi connectivity index (χ4v) is 1.00. The predicted octanol–water partition coefficient (Wildman–Crippen LogP) is 0.118. The number of tetrazole rings is 1. The van der Waals surface area contributed by atoms with E-state index in [1.54, 1.807) is 0 Å². The topological polar surface area (TPSA) is 83.6 Å². The highest BCUT2D eigenvalue weighted by molar-refractivity contribution is 5.90. The molecule has 1 heterocycles. The zero-order valence-corrected chi connectivity index (χ0v) is 7.74. The number of nitrogens with one attached hydrogen (secondary N) is 2. The number of aromatic amines is 1. The van der Waals surface area contributed by atoms with Crippen molar-refractivity contribution in [3.63, 3.8) is 0 Å². The monoisotopic (exact) mass is 183 g/mol. The normalized spacial score (nSPS) is 10.4. The van der Waals surface area contributed by atoms with Crippen LogP contribution in [0.1, 0.15) is 37.3 Å². The summed E-state index contributed by atoms with van der Waals surface area (Å²) in [6, 6.07) is 0.186. The lowest BCUT2D eigenvalue weighted by Crippen LogP contribution is -2.34. The van der Waals surface area contributed by atoms with Crippen molar-refractivity contribution in [2.45, 2.75) is 32.7 Å². The number of carbonyl (C=O) groups is 1. The van der Waals surface area contributed by atoms with Crippen molar-refractivity contribution >= 4 is 5.91 Å². The number of carbonyl (C=O) groups excluding carboxylic acids is 1. The molecule has 0 saturated heterocycles. The van der Waals surface area contributed by atoms with Gasteiger partial charge in [0.2, 0.25) is 0 Å². The van der Waals surface area contributed by atoms with E-state index in [4.69, 9.17) is 0 Å². The molecule has 0 atom stereocenters. The molecule has 0 spiro atoms. The van der Waals surface area contributed by atoms with Crippen LogP contribution in [-0.2, 0) is 0 Å². The van der Waals surface area contributed by atoms with E-state index in [9.17, 15) is 4.79 Å². The van der Waals surface area contributed by atoms with Gasteiger partial charge in [-0.15, -0.1) is 10.2 Å². The van der Waals surface area contributed by atoms with Crippen molar-refractivity contribution in [1.29, 1.82) is 0 Å². The molecule has 0 aromatic carbocycles. The molecule has 6 nitrogen and oxygen atoms in total. The first-order valence-electron chi connectivity index (χ1n) is 4.32. The highest BCUT2D eigenvalue weighted by Gasteiger charge is 2.13. The molecular weight excluding hydrogens is 170 g/mol. The van der Waals surface area contributed by atoms with E-state index >= 15 is 0 Å². The molecule has 13 heavy (non-hydrogen) atoms. The number of H-pyrrole nitrogens is 1. The highest BCUT2D eigenvalue weighted by Crippen LogP contribution is 1.97. The van der Waals surface area contributed by atoms with Crippen molar-refractivity contribution in [1.82, 2.24) is 25.9 Å². The summed E-state index contributed by atoms with van der Waals surface area (Å²) >= 11 is 0. The Morgan fingerprint density at radius 1 is 1.54 bits per heavy atom. The van der Waals surface area contributed by atoms with Crippen molar-refractivity contribution in [2.24, 2.45) is 0 Å². The van der Waals surface area contributed by atoms with Gasteiger partial charge in [0, 0.05) is 6.04 Å². The van der Waals surface area contributed by atoms with Gasteiger partial charge in [-0.3, -0.25) is 4.79 Å². The summed E-state index contributed by atoms with van der Waals surface area (Å²) in [5, 5.41) is 15.5. The minimum absolute atomic E-state index is 0.0897. The molecule has 1 aromatic heterocycles. The van der Waals surface area contributed by atoms with Crippen LogP contribution in [0.2, 0.25) is 0 Å². The van der Waals surface area contributed by atoms with Crippen LogP contribution in [0.25, 0.3) is 0 Å². The van der Waals surface area contributed by atoms with Gasteiger partial charge in [-0.05, 0) is 18.1 Å². The molecule has 0 aliphatic heterocycles. The zero-order chi connectivity index (χ0) is 9.68. The van der Waals surface area contributed by atoms with Crippen LogP contribution in [-0.4, -0.2) is 32.6 Å². The number of amides is 1. The maximum atomic E-state index is 11.3. The third-order valence-electron chi connectivity index (χ3n) is 1.87. The van der Waals surface area contributed by atoms with Gasteiger partial charge >= 0.3 is 0 Å². The van der Waals surface area contributed by atoms with Crippen LogP contribution in [0.15, 0.2) is 0 Å². The molecule has 0 fully saturated rings. The molecule has 0 saturated carbocycles. The van der Waals surface area contributed by atoms with Crippen LogP contribution >= 0.6 is 0 Å². The average molecular weight is 183 g/mol. The fraction of sp³-hybridized carbons (Fsp3) is 0.714. The Balaban J connectivity index is 2.50. The van der Waals surface area contributed by atoms with Gasteiger partial charge in [-0.1, -0.05) is 13.8 Å². The van der Waals surface area contributed by atoms with Crippen molar-refractivity contribution in [2.75, 3.05) is 0 Å². The fourth-order valence-electron chi connectivity index (χ4n) is 1.00. The number of rotatable bonds is 4. The van der Waals surface area contributed by atoms with Crippen LogP contribution in [0.3, 0.4) is 0 Å². The van der Waals surface area contributed by atoms with E-state index in [0.717, 1.165) is 12.8 Å². The van der Waals surface area contributed by atoms with Gasteiger partial charge in [0.05, 0.1) is 0 Å². The zero-order valence-electron chi connectivity index (χ0n) is 7.74. The number of aromatic nitrogens is 4. The van der Waals surface area contributed by atoms with Gasteiger partial charge in [0.15, 0.2) is 0 Å². The van der Waals surface area contributed by atoms with Crippen molar-refractivity contribution in [3.8, 4) is 0 Å². The third-order valence-corrected chi connectivity index (χ3v) is 1.87. The number of hydrogen-bond acceptors (Lipinski definition) is 4. The molecule has 1 amide bonds. The molecule has 0 bridgehead atoms. The lowest BCUT2D eigenvalue weighted by molar-refractivity contribution is 0.0924. The summed E-state index contributed by atoms with van der Waals surface area (Å²) in [6.45, 7) is 4.04. The van der Waals surface area contributed by atoms with E-state index in [-0.39, 0.29) is 17.8 Å². The highest BCUT2D eigenvalue weighted by atomic mass is 16.2. The standard InChI is InChI=1S/C7H13N5O/c1-3-5(4-2)8-7(13)6-9-11-12-10-6/h5H,3-4H2,1-2H3,(H,8,13)(H,9,10,11,12). The first-order chi connectivity index (χ1) is 6.27. The van der Waals surface area contributed by atoms with Gasteiger partial charge in [-0.25, -0.2) is 0 Å². The largest absolute Gasteiger partial charge is 0.346 e. The Labute approximate surface area is 76.1 Å². The lowest BCUT2D eigenvalue weighted by atomic mass is 10.2. The second kappa shape index (κ2) is 4.54. The van der Waals surface area contributed by atoms with Gasteiger partial charge < -0.3 is 5.32 Å². The van der Waals surface area contributed by atoms with Crippen LogP contribution in [0.4, 0.5) is 0 Å². The Kier molecular flexibility index (Phi) is 3.36. The van der Waals surface area contributed by atoms with E-state index in [2.05, 4.69) is 25.9 Å². The maximum Gasteiger partial charge on any atom is 0.293 e. The van der Waals surface area contributed by atoms with E-state index in [1.807, 2.05) is 13.8 Å². The summed E-state index contributed by atoms with van der Waals surface area (Å²) in [5.74, 6) is -0.186. The van der Waals surface area contributed by atoms with E-state index in [1.165, 1.54) is 0 Å². The Morgan fingerprint density at radius 2 is 2.23 bits per heavy atom. The van der Waals surface area contributed by atoms with Crippen LogP contribution in [0.5, 0.6) is 0 Å². The molecule has 0 aliphatic carbocycles. The predicted molar refractivity (Wildman–Crippen MR) is 46.0 cm³/mol. The average Bonchev–Trinajstić information content (AvgIpc) is 2.66. The number of nitrogens with zero attached hydrogens (tertiary/aromatic N) is 3. The molecule has 1 aromatic rings. The number of hydrogen-bond donors (Lipinski definition) is 2. The third kappa shape index (κ3) is 2.50. The van der Waals surface area contributed by atoms with Crippen LogP contribution < -0.4 is 5.32 Å².